The molecule has 0 fully saturated rings. The first-order valence-corrected chi connectivity index (χ1v) is 17.1. The minimum absolute atomic E-state index is 0.0463. The van der Waals surface area contributed by atoms with Gasteiger partial charge < -0.3 is 15.0 Å². The zero-order chi connectivity index (χ0) is 33.1. The molecule has 0 heterocycles. The third-order valence-electron chi connectivity index (χ3n) is 7.41. The molecule has 0 aliphatic heterocycles. The summed E-state index contributed by atoms with van der Waals surface area (Å²) < 4.78 is 49.1. The summed E-state index contributed by atoms with van der Waals surface area (Å²) in [4.78, 5) is 29.6. The molecule has 4 aromatic carbocycles. The largest absolute Gasteiger partial charge is 0.497 e. The van der Waals surface area contributed by atoms with Gasteiger partial charge in [-0.3, -0.25) is 13.9 Å². The molecular weight excluding hydrogens is 673 g/mol. The van der Waals surface area contributed by atoms with Crippen molar-refractivity contribution in [3.05, 3.63) is 125 Å². The van der Waals surface area contributed by atoms with Gasteiger partial charge in [0.1, 0.15) is 24.2 Å². The Labute approximate surface area is 278 Å². The molecule has 0 saturated heterocycles. The van der Waals surface area contributed by atoms with Crippen molar-refractivity contribution in [2.45, 2.75) is 43.7 Å². The molecule has 1 N–H and O–H groups in total. The summed E-state index contributed by atoms with van der Waals surface area (Å²) in [7, 11) is -2.85. The van der Waals surface area contributed by atoms with E-state index in [1.165, 1.54) is 48.4 Å². The minimum Gasteiger partial charge on any atom is -0.497 e. The zero-order valence-electron chi connectivity index (χ0n) is 25.7. The van der Waals surface area contributed by atoms with Crippen LogP contribution in [-0.4, -0.2) is 51.4 Å². The van der Waals surface area contributed by atoms with Crippen molar-refractivity contribution in [3.8, 4) is 5.75 Å². The van der Waals surface area contributed by atoms with Crippen LogP contribution in [0.25, 0.3) is 0 Å². The maximum Gasteiger partial charge on any atom is 0.264 e. The quantitative estimate of drug-likeness (QED) is 0.145. The van der Waals surface area contributed by atoms with Crippen LogP contribution in [-0.2, 0) is 32.6 Å². The Bertz CT molecular complexity index is 1690. The van der Waals surface area contributed by atoms with Gasteiger partial charge in [-0.25, -0.2) is 12.8 Å². The average Bonchev–Trinajstić information content (AvgIpc) is 3.07. The normalized spacial score (nSPS) is 11.8. The Morgan fingerprint density at radius 3 is 2.15 bits per heavy atom. The first-order valence-electron chi connectivity index (χ1n) is 14.9. The summed E-state index contributed by atoms with van der Waals surface area (Å²) in [6, 6.07) is 26.4. The number of sulfonamides is 1. The summed E-state index contributed by atoms with van der Waals surface area (Å²) in [6.45, 7) is 1.87. The highest BCUT2D eigenvalue weighted by molar-refractivity contribution is 9.10. The summed E-state index contributed by atoms with van der Waals surface area (Å²) >= 11 is 3.44. The van der Waals surface area contributed by atoms with Crippen LogP contribution in [0, 0.1) is 5.82 Å². The van der Waals surface area contributed by atoms with Gasteiger partial charge in [0.15, 0.2) is 0 Å². The molecular formula is C35H37BrFN3O5S. The highest BCUT2D eigenvalue weighted by atomic mass is 79.9. The number of halogens is 2. The van der Waals surface area contributed by atoms with Gasteiger partial charge in [-0.2, -0.15) is 0 Å². The number of ether oxygens (including phenoxy) is 1. The van der Waals surface area contributed by atoms with Crippen molar-refractivity contribution < 1.29 is 27.1 Å². The molecule has 0 aliphatic carbocycles. The Balaban J connectivity index is 1.78. The Hall–Kier alpha value is -4.22. The fourth-order valence-electron chi connectivity index (χ4n) is 4.86. The number of unbranched alkanes of at least 4 members (excludes halogenated alkanes) is 1. The van der Waals surface area contributed by atoms with Gasteiger partial charge in [0.2, 0.25) is 11.8 Å². The fraction of sp³-hybridized carbons (Fsp3) is 0.257. The summed E-state index contributed by atoms with van der Waals surface area (Å²) in [5.74, 6) is -1.03. The van der Waals surface area contributed by atoms with E-state index in [4.69, 9.17) is 4.74 Å². The number of nitrogens with one attached hydrogen (secondary N) is 1. The van der Waals surface area contributed by atoms with E-state index < -0.39 is 34.3 Å². The van der Waals surface area contributed by atoms with Gasteiger partial charge in [0, 0.05) is 24.0 Å². The lowest BCUT2D eigenvalue weighted by molar-refractivity contribution is -0.140. The van der Waals surface area contributed by atoms with E-state index in [9.17, 15) is 22.4 Å². The molecule has 242 valence electrons. The lowest BCUT2D eigenvalue weighted by atomic mass is 10.0. The highest BCUT2D eigenvalue weighted by Crippen LogP contribution is 2.27. The Kier molecular flexibility index (Phi) is 12.3. The molecule has 8 nitrogen and oxygen atoms in total. The number of rotatable bonds is 15. The Morgan fingerprint density at radius 2 is 1.54 bits per heavy atom. The Morgan fingerprint density at radius 1 is 0.891 bits per heavy atom. The molecule has 0 aromatic heterocycles. The van der Waals surface area contributed by atoms with Crippen molar-refractivity contribution in [2.24, 2.45) is 0 Å². The van der Waals surface area contributed by atoms with E-state index in [-0.39, 0.29) is 29.5 Å². The maximum atomic E-state index is 14.4. The van der Waals surface area contributed by atoms with E-state index in [0.717, 1.165) is 44.9 Å². The summed E-state index contributed by atoms with van der Waals surface area (Å²) in [5, 5.41) is 2.97. The molecule has 46 heavy (non-hydrogen) atoms. The van der Waals surface area contributed by atoms with E-state index >= 15 is 0 Å². The second-order valence-electron chi connectivity index (χ2n) is 10.7. The van der Waals surface area contributed by atoms with Gasteiger partial charge in [-0.15, -0.1) is 0 Å². The monoisotopic (exact) mass is 709 g/mol. The van der Waals surface area contributed by atoms with E-state index in [0.29, 0.717) is 12.3 Å². The second-order valence-corrected chi connectivity index (χ2v) is 13.4. The fourth-order valence-corrected chi connectivity index (χ4v) is 6.54. The molecule has 1 atom stereocenters. The number of methoxy groups -OCH3 is 1. The van der Waals surface area contributed by atoms with Crippen LogP contribution < -0.4 is 14.4 Å². The van der Waals surface area contributed by atoms with E-state index in [1.54, 1.807) is 0 Å². The van der Waals surface area contributed by atoms with Crippen LogP contribution in [0.3, 0.4) is 0 Å². The number of nitrogens with zero attached hydrogens (tertiary/aromatic N) is 2. The van der Waals surface area contributed by atoms with Crippen LogP contribution in [0.5, 0.6) is 5.75 Å². The van der Waals surface area contributed by atoms with Crippen molar-refractivity contribution in [3.63, 3.8) is 0 Å². The predicted molar refractivity (Wildman–Crippen MR) is 180 cm³/mol. The molecule has 0 aliphatic rings. The number of carbonyl (C=O) groups is 2. The maximum absolute atomic E-state index is 14.4. The van der Waals surface area contributed by atoms with Gasteiger partial charge in [-0.05, 0) is 78.2 Å². The van der Waals surface area contributed by atoms with Crippen LogP contribution in [0.1, 0.15) is 30.9 Å². The molecule has 0 spiro atoms. The van der Waals surface area contributed by atoms with E-state index in [2.05, 4.69) is 21.2 Å². The standard InChI is InChI=1S/C35H37BrFN3O5S/c1-3-4-22-38-35(42)33(23-26-8-6-5-7-9-26)39(24-27-10-12-28(36)13-11-27)34(41)25-40(30-16-14-29(37)15-17-30)46(43,44)32-20-18-31(45-2)19-21-32/h5-21,33H,3-4,22-25H2,1-2H3,(H,38,42). The molecule has 0 saturated carbocycles. The number of carbonyl (C=O) groups excluding carboxylic acids is 2. The number of anilines is 1. The zero-order valence-corrected chi connectivity index (χ0v) is 28.1. The number of benzene rings is 4. The highest BCUT2D eigenvalue weighted by Gasteiger charge is 2.34. The summed E-state index contributed by atoms with van der Waals surface area (Å²) in [6.07, 6.45) is 1.85. The summed E-state index contributed by atoms with van der Waals surface area (Å²) in [5.41, 5.74) is 1.69. The average molecular weight is 711 g/mol. The molecule has 11 heteroatoms. The SMILES string of the molecule is CCCCNC(=O)C(Cc1ccccc1)N(Cc1ccc(Br)cc1)C(=O)CN(c1ccc(F)cc1)S(=O)(=O)c1ccc(OC)cc1. The van der Waals surface area contributed by atoms with Gasteiger partial charge >= 0.3 is 0 Å². The molecule has 0 radical (unpaired) electrons. The molecule has 1 unspecified atom stereocenters. The minimum atomic E-state index is -4.32. The number of hydrogen-bond acceptors (Lipinski definition) is 5. The van der Waals surface area contributed by atoms with Crippen molar-refractivity contribution >= 4 is 43.5 Å². The van der Waals surface area contributed by atoms with Gasteiger partial charge in [0.25, 0.3) is 10.0 Å². The van der Waals surface area contributed by atoms with Crippen LogP contribution in [0.2, 0.25) is 0 Å². The predicted octanol–water partition coefficient (Wildman–Crippen LogP) is 6.35. The smallest absolute Gasteiger partial charge is 0.264 e. The third kappa shape index (κ3) is 9.17. The van der Waals surface area contributed by atoms with Crippen LogP contribution >= 0.6 is 15.9 Å². The van der Waals surface area contributed by atoms with Crippen LogP contribution in [0.4, 0.5) is 10.1 Å². The molecule has 4 aromatic rings. The van der Waals surface area contributed by atoms with Crippen LogP contribution in [0.15, 0.2) is 112 Å². The van der Waals surface area contributed by atoms with Gasteiger partial charge in [-0.1, -0.05) is 71.7 Å². The lowest BCUT2D eigenvalue weighted by Crippen LogP contribution is -2.53. The second kappa shape index (κ2) is 16.4. The van der Waals surface area contributed by atoms with Crippen molar-refractivity contribution in [1.82, 2.24) is 10.2 Å². The lowest BCUT2D eigenvalue weighted by Gasteiger charge is -2.34. The molecule has 0 bridgehead atoms. The van der Waals surface area contributed by atoms with Crippen molar-refractivity contribution in [1.29, 1.82) is 0 Å². The first-order chi connectivity index (χ1) is 22.1. The third-order valence-corrected chi connectivity index (χ3v) is 9.72. The molecule has 2 amide bonds. The topological polar surface area (TPSA) is 96.0 Å². The van der Waals surface area contributed by atoms with E-state index in [1.807, 2.05) is 61.5 Å². The first kappa shape index (κ1) is 34.6. The number of amides is 2. The van der Waals surface area contributed by atoms with Crippen molar-refractivity contribution in [2.75, 3.05) is 24.5 Å². The number of hydrogen-bond donors (Lipinski definition) is 1. The molecule has 4 rings (SSSR count). The van der Waals surface area contributed by atoms with Gasteiger partial charge in [0.05, 0.1) is 17.7 Å².